The van der Waals surface area contributed by atoms with Gasteiger partial charge in [0.2, 0.25) is 17.4 Å². The minimum atomic E-state index is -0.520. The zero-order valence-corrected chi connectivity index (χ0v) is 19.0. The Kier molecular flexibility index (Phi) is 6.58. The number of rotatable bonds is 5. The Morgan fingerprint density at radius 3 is 2.50 bits per heavy atom. The Morgan fingerprint density at radius 1 is 1.09 bits per heavy atom. The van der Waals surface area contributed by atoms with Gasteiger partial charge in [0, 0.05) is 42.9 Å². The van der Waals surface area contributed by atoms with E-state index >= 15 is 0 Å². The van der Waals surface area contributed by atoms with Crippen LogP contribution in [0, 0.1) is 0 Å². The zero-order chi connectivity index (χ0) is 22.7. The van der Waals surface area contributed by atoms with Gasteiger partial charge in [-0.3, -0.25) is 14.4 Å². The van der Waals surface area contributed by atoms with Gasteiger partial charge in [0.15, 0.2) is 0 Å². The zero-order valence-electron chi connectivity index (χ0n) is 17.5. The normalized spacial score (nSPS) is 16.7. The highest BCUT2D eigenvalue weighted by Gasteiger charge is 2.33. The van der Waals surface area contributed by atoms with E-state index in [0.717, 1.165) is 21.6 Å². The summed E-state index contributed by atoms with van der Waals surface area (Å²) in [6.07, 6.45) is 4.91. The van der Waals surface area contributed by atoms with E-state index in [1.54, 1.807) is 41.1 Å². The van der Waals surface area contributed by atoms with Crippen molar-refractivity contribution in [2.24, 2.45) is 0 Å². The van der Waals surface area contributed by atoms with Crippen molar-refractivity contribution in [1.82, 2.24) is 14.8 Å². The molecule has 1 N–H and O–H groups in total. The molecule has 1 atom stereocenters. The number of carbonyl (C=O) groups excluding carboxylic acids is 2. The average Bonchev–Trinajstić information content (AvgIpc) is 3.21. The third kappa shape index (κ3) is 5.00. The van der Waals surface area contributed by atoms with Crippen LogP contribution in [0.5, 0.6) is 0 Å². The number of H-pyrrole nitrogens is 1. The lowest BCUT2D eigenvalue weighted by Gasteiger charge is -2.38. The largest absolute Gasteiger partial charge is 0.335 e. The number of piperazine rings is 1. The first kappa shape index (κ1) is 22.0. The van der Waals surface area contributed by atoms with E-state index in [1.165, 1.54) is 23.5 Å². The number of aromatic nitrogens is 1. The fraction of sp³-hybridized carbons (Fsp3) is 0.208. The molecule has 32 heavy (non-hydrogen) atoms. The van der Waals surface area contributed by atoms with Crippen LogP contribution >= 0.6 is 22.9 Å². The van der Waals surface area contributed by atoms with Crippen LogP contribution in [-0.4, -0.2) is 45.7 Å². The molecular weight excluding hydrogens is 446 g/mol. The molecule has 0 bridgehead atoms. The topological polar surface area (TPSA) is 73.5 Å². The molecule has 164 valence electrons. The predicted octanol–water partition coefficient (Wildman–Crippen LogP) is 4.03. The van der Waals surface area contributed by atoms with Crippen molar-refractivity contribution < 1.29 is 9.59 Å². The first-order valence-corrected chi connectivity index (χ1v) is 11.4. The number of halogens is 1. The van der Waals surface area contributed by atoms with Gasteiger partial charge in [-0.1, -0.05) is 35.9 Å². The van der Waals surface area contributed by atoms with Gasteiger partial charge in [-0.05, 0) is 47.9 Å². The summed E-state index contributed by atoms with van der Waals surface area (Å²) in [6.45, 7) is 3.22. The lowest BCUT2D eigenvalue weighted by atomic mass is 10.0. The maximum atomic E-state index is 12.9. The van der Waals surface area contributed by atoms with Gasteiger partial charge in [-0.15, -0.1) is 11.3 Å². The summed E-state index contributed by atoms with van der Waals surface area (Å²) < 4.78 is 0.668. The maximum Gasteiger partial charge on any atom is 0.247 e. The fourth-order valence-electron chi connectivity index (χ4n) is 3.67. The van der Waals surface area contributed by atoms with Gasteiger partial charge < -0.3 is 14.8 Å². The number of carbonyl (C=O) groups is 2. The van der Waals surface area contributed by atoms with Crippen molar-refractivity contribution in [3.05, 3.63) is 85.9 Å². The first-order valence-electron chi connectivity index (χ1n) is 10.2. The molecule has 0 saturated carbocycles. The van der Waals surface area contributed by atoms with Crippen LogP contribution in [0.15, 0.2) is 65.6 Å². The molecule has 2 aromatic heterocycles. The molecule has 3 heterocycles. The Bertz CT molecular complexity index is 1200. The molecule has 1 saturated heterocycles. The van der Waals surface area contributed by atoms with Crippen LogP contribution in [0.25, 0.3) is 17.2 Å². The third-order valence-corrected chi connectivity index (χ3v) is 6.66. The van der Waals surface area contributed by atoms with Crippen LogP contribution in [0.2, 0.25) is 4.34 Å². The second-order valence-electron chi connectivity index (χ2n) is 7.58. The van der Waals surface area contributed by atoms with Crippen molar-refractivity contribution in [3.8, 4) is 11.1 Å². The number of aromatic amines is 1. The molecule has 0 radical (unpaired) electrons. The van der Waals surface area contributed by atoms with Crippen LogP contribution in [-0.2, 0) is 16.1 Å². The molecule has 3 aromatic rings. The van der Waals surface area contributed by atoms with E-state index in [4.69, 9.17) is 11.6 Å². The van der Waals surface area contributed by atoms with Crippen molar-refractivity contribution >= 4 is 40.8 Å². The molecular formula is C24H22ClN3O3S. The Labute approximate surface area is 194 Å². The molecule has 1 fully saturated rings. The molecule has 1 aliphatic heterocycles. The van der Waals surface area contributed by atoms with E-state index in [-0.39, 0.29) is 17.4 Å². The minimum Gasteiger partial charge on any atom is -0.335 e. The van der Waals surface area contributed by atoms with Gasteiger partial charge >= 0.3 is 0 Å². The molecule has 1 aromatic carbocycles. The number of pyridine rings is 1. The van der Waals surface area contributed by atoms with Crippen LogP contribution in [0.1, 0.15) is 17.4 Å². The molecule has 8 heteroatoms. The monoisotopic (exact) mass is 467 g/mol. The number of nitrogens with zero attached hydrogens (tertiary/aromatic N) is 2. The molecule has 6 nitrogen and oxygen atoms in total. The van der Waals surface area contributed by atoms with Gasteiger partial charge in [-0.25, -0.2) is 0 Å². The van der Waals surface area contributed by atoms with Gasteiger partial charge in [0.25, 0.3) is 0 Å². The van der Waals surface area contributed by atoms with Crippen LogP contribution < -0.4 is 5.56 Å². The number of thiophene rings is 1. The number of amides is 2. The molecule has 4 rings (SSSR count). The summed E-state index contributed by atoms with van der Waals surface area (Å²) in [6, 6.07) is 14.3. The quantitative estimate of drug-likeness (QED) is 0.576. The lowest BCUT2D eigenvalue weighted by molar-refractivity contribution is -0.148. The second-order valence-corrected chi connectivity index (χ2v) is 9.33. The molecule has 1 aliphatic rings. The number of hydrogen-bond donors (Lipinski definition) is 1. The van der Waals surface area contributed by atoms with E-state index in [9.17, 15) is 14.4 Å². The highest BCUT2D eigenvalue weighted by Crippen LogP contribution is 2.23. The predicted molar refractivity (Wildman–Crippen MR) is 127 cm³/mol. The Balaban J connectivity index is 1.37. The van der Waals surface area contributed by atoms with Crippen molar-refractivity contribution in [2.75, 3.05) is 13.1 Å². The minimum absolute atomic E-state index is 0.0677. The maximum absolute atomic E-state index is 12.9. The van der Waals surface area contributed by atoms with E-state index in [0.29, 0.717) is 24.0 Å². The highest BCUT2D eigenvalue weighted by atomic mass is 35.5. The molecule has 1 unspecified atom stereocenters. The van der Waals surface area contributed by atoms with Crippen molar-refractivity contribution in [2.45, 2.75) is 19.5 Å². The van der Waals surface area contributed by atoms with Crippen molar-refractivity contribution in [1.29, 1.82) is 0 Å². The van der Waals surface area contributed by atoms with E-state index < -0.39 is 6.04 Å². The number of hydrogen-bond acceptors (Lipinski definition) is 4. The summed E-state index contributed by atoms with van der Waals surface area (Å²) >= 11 is 7.32. The van der Waals surface area contributed by atoms with Crippen LogP contribution in [0.4, 0.5) is 0 Å². The lowest BCUT2D eigenvalue weighted by Crippen LogP contribution is -2.56. The van der Waals surface area contributed by atoms with Gasteiger partial charge in [-0.2, -0.15) is 0 Å². The summed E-state index contributed by atoms with van der Waals surface area (Å²) in [5.41, 5.74) is 2.78. The SMILES string of the molecule is CC1C(=O)N(Cc2ccc(-c3ccc(=O)[nH]c3)cc2)CCN1C(=O)/C=C/c1ccc(Cl)s1. The van der Waals surface area contributed by atoms with Gasteiger partial charge in [0.05, 0.1) is 4.34 Å². The summed E-state index contributed by atoms with van der Waals surface area (Å²) in [7, 11) is 0. The summed E-state index contributed by atoms with van der Waals surface area (Å²) in [4.78, 5) is 43.7. The molecule has 2 amide bonds. The van der Waals surface area contributed by atoms with E-state index in [2.05, 4.69) is 4.98 Å². The summed E-state index contributed by atoms with van der Waals surface area (Å²) in [5.74, 6) is -0.248. The van der Waals surface area contributed by atoms with Crippen LogP contribution in [0.3, 0.4) is 0 Å². The Morgan fingerprint density at radius 2 is 1.84 bits per heavy atom. The molecule has 0 aliphatic carbocycles. The second kappa shape index (κ2) is 9.54. The number of benzene rings is 1. The smallest absolute Gasteiger partial charge is 0.247 e. The standard InChI is InChI=1S/C24H22ClN3O3S/c1-16-24(31)27(12-13-28(16)23(30)11-8-20-7-9-21(25)32-20)15-17-2-4-18(5-3-17)19-6-10-22(29)26-14-19/h2-11,14,16H,12-13,15H2,1H3,(H,26,29)/b11-8+. The van der Waals surface area contributed by atoms with Gasteiger partial charge in [0.1, 0.15) is 6.04 Å². The molecule has 0 spiro atoms. The fourth-order valence-corrected chi connectivity index (χ4v) is 4.63. The average molecular weight is 468 g/mol. The third-order valence-electron chi connectivity index (χ3n) is 5.46. The Hall–Kier alpha value is -3.16. The van der Waals surface area contributed by atoms with E-state index in [1.807, 2.05) is 30.3 Å². The first-order chi connectivity index (χ1) is 15.4. The summed E-state index contributed by atoms with van der Waals surface area (Å²) in [5, 5.41) is 0. The van der Waals surface area contributed by atoms with Crippen molar-refractivity contribution in [3.63, 3.8) is 0 Å². The number of nitrogens with one attached hydrogen (secondary N) is 1. The highest BCUT2D eigenvalue weighted by molar-refractivity contribution is 7.17.